The van der Waals surface area contributed by atoms with Gasteiger partial charge in [-0.1, -0.05) is 30.3 Å². The molecule has 2 aromatic rings. The van der Waals surface area contributed by atoms with Gasteiger partial charge in [-0.2, -0.15) is 0 Å². The molecule has 0 aliphatic carbocycles. The van der Waals surface area contributed by atoms with Crippen molar-refractivity contribution in [2.24, 2.45) is 4.99 Å². The van der Waals surface area contributed by atoms with E-state index in [4.69, 9.17) is 4.84 Å². The summed E-state index contributed by atoms with van der Waals surface area (Å²) in [5.41, 5.74) is 3.00. The number of allylic oxidation sites excluding steroid dienone is 1. The minimum absolute atomic E-state index is 0.128. The Morgan fingerprint density at radius 1 is 1.27 bits per heavy atom. The van der Waals surface area contributed by atoms with Crippen LogP contribution in [-0.2, 0) is 4.84 Å². The van der Waals surface area contributed by atoms with Crippen molar-refractivity contribution in [1.82, 2.24) is 10.0 Å². The van der Waals surface area contributed by atoms with Crippen LogP contribution in [0.25, 0.3) is 11.1 Å². The van der Waals surface area contributed by atoms with Crippen molar-refractivity contribution in [2.75, 3.05) is 18.7 Å². The molecule has 2 aliphatic rings. The first-order valence-corrected chi connectivity index (χ1v) is 6.93. The van der Waals surface area contributed by atoms with Crippen LogP contribution in [0.3, 0.4) is 0 Å². The van der Waals surface area contributed by atoms with E-state index in [1.54, 1.807) is 18.4 Å². The molecule has 0 fully saturated rings. The van der Waals surface area contributed by atoms with Crippen molar-refractivity contribution in [1.29, 1.82) is 0 Å². The fourth-order valence-corrected chi connectivity index (χ4v) is 2.67. The fourth-order valence-electron chi connectivity index (χ4n) is 2.67. The second-order valence-electron chi connectivity index (χ2n) is 5.09. The van der Waals surface area contributed by atoms with Crippen LogP contribution in [0.4, 0.5) is 11.5 Å². The molecule has 4 rings (SSSR count). The number of hydroxylamine groups is 2. The molecule has 110 valence electrons. The topological polar surface area (TPSA) is 60.9 Å². The van der Waals surface area contributed by atoms with Gasteiger partial charge in [0.15, 0.2) is 0 Å². The monoisotopic (exact) mass is 294 g/mol. The molecule has 2 aliphatic heterocycles. The Hall–Kier alpha value is -2.86. The third kappa shape index (κ3) is 1.93. The molecular formula is C16H14N4O2. The third-order valence-electron chi connectivity index (χ3n) is 3.79. The summed E-state index contributed by atoms with van der Waals surface area (Å²) in [6, 6.07) is 11.4. The maximum atomic E-state index is 12.4. The summed E-state index contributed by atoms with van der Waals surface area (Å²) in [4.78, 5) is 27.0. The number of H-pyrrole nitrogens is 1. The molecule has 0 amide bonds. The van der Waals surface area contributed by atoms with Gasteiger partial charge in [-0.05, 0) is 11.6 Å². The number of nitrogens with zero attached hydrogens (tertiary/aromatic N) is 3. The quantitative estimate of drug-likeness (QED) is 0.922. The summed E-state index contributed by atoms with van der Waals surface area (Å²) >= 11 is 0. The molecule has 1 aromatic heterocycles. The average Bonchev–Trinajstić information content (AvgIpc) is 2.99. The SMILES string of the molecule is CON1C=C2C=Nc3cc(-c4ccccc4)c(=O)[nH]c3N2C1. The van der Waals surface area contributed by atoms with Gasteiger partial charge in [0.2, 0.25) is 0 Å². The smallest absolute Gasteiger partial charge is 0.257 e. The maximum Gasteiger partial charge on any atom is 0.257 e. The van der Waals surface area contributed by atoms with Crippen molar-refractivity contribution < 1.29 is 4.84 Å². The van der Waals surface area contributed by atoms with Crippen molar-refractivity contribution >= 4 is 17.7 Å². The number of hydrogen-bond donors (Lipinski definition) is 1. The van der Waals surface area contributed by atoms with Crippen LogP contribution < -0.4 is 10.5 Å². The predicted octanol–water partition coefficient (Wildman–Crippen LogP) is 2.24. The number of pyridine rings is 1. The van der Waals surface area contributed by atoms with Crippen molar-refractivity contribution in [2.45, 2.75) is 0 Å². The Kier molecular flexibility index (Phi) is 2.83. The predicted molar refractivity (Wildman–Crippen MR) is 84.9 cm³/mol. The lowest BCUT2D eigenvalue weighted by atomic mass is 10.1. The van der Waals surface area contributed by atoms with E-state index in [1.165, 1.54) is 0 Å². The number of benzene rings is 1. The van der Waals surface area contributed by atoms with Gasteiger partial charge in [0.25, 0.3) is 5.56 Å². The van der Waals surface area contributed by atoms with Crippen LogP contribution in [0.1, 0.15) is 0 Å². The molecule has 0 bridgehead atoms. The number of rotatable bonds is 2. The van der Waals surface area contributed by atoms with Crippen LogP contribution in [0, 0.1) is 0 Å². The Morgan fingerprint density at radius 3 is 2.86 bits per heavy atom. The highest BCUT2D eigenvalue weighted by Gasteiger charge is 2.27. The zero-order valence-corrected chi connectivity index (χ0v) is 12.0. The Labute approximate surface area is 126 Å². The molecule has 0 atom stereocenters. The number of aliphatic imine (C=N–C) groups is 1. The Balaban J connectivity index is 1.82. The summed E-state index contributed by atoms with van der Waals surface area (Å²) in [5.74, 6) is 0.693. The van der Waals surface area contributed by atoms with Crippen molar-refractivity contribution in [3.05, 3.63) is 58.6 Å². The summed E-state index contributed by atoms with van der Waals surface area (Å²) in [6.07, 6.45) is 3.62. The van der Waals surface area contributed by atoms with E-state index in [1.807, 2.05) is 47.5 Å². The number of hydrogen-bond acceptors (Lipinski definition) is 5. The highest BCUT2D eigenvalue weighted by molar-refractivity contribution is 5.93. The molecule has 1 aromatic carbocycles. The van der Waals surface area contributed by atoms with Gasteiger partial charge in [0.05, 0.1) is 25.2 Å². The van der Waals surface area contributed by atoms with Gasteiger partial charge in [-0.15, -0.1) is 0 Å². The van der Waals surface area contributed by atoms with E-state index in [0.29, 0.717) is 18.1 Å². The first kappa shape index (κ1) is 12.8. The van der Waals surface area contributed by atoms with E-state index in [9.17, 15) is 4.79 Å². The Bertz CT molecular complexity index is 839. The van der Waals surface area contributed by atoms with Crippen molar-refractivity contribution in [3.63, 3.8) is 0 Å². The number of aromatic amines is 1. The lowest BCUT2D eigenvalue weighted by Gasteiger charge is -2.25. The molecule has 0 spiro atoms. The minimum atomic E-state index is -0.128. The second kappa shape index (κ2) is 4.85. The molecule has 6 heteroatoms. The zero-order chi connectivity index (χ0) is 15.1. The highest BCUT2D eigenvalue weighted by atomic mass is 16.7. The summed E-state index contributed by atoms with van der Waals surface area (Å²) in [7, 11) is 1.61. The molecule has 22 heavy (non-hydrogen) atoms. The Morgan fingerprint density at radius 2 is 2.09 bits per heavy atom. The average molecular weight is 294 g/mol. The summed E-state index contributed by atoms with van der Waals surface area (Å²) in [6.45, 7) is 0.519. The molecule has 1 N–H and O–H groups in total. The fraction of sp³-hybridized carbons (Fsp3) is 0.125. The van der Waals surface area contributed by atoms with Gasteiger partial charge in [0.1, 0.15) is 18.2 Å². The van der Waals surface area contributed by atoms with E-state index < -0.39 is 0 Å². The van der Waals surface area contributed by atoms with Gasteiger partial charge >= 0.3 is 0 Å². The first-order chi connectivity index (χ1) is 10.8. The van der Waals surface area contributed by atoms with Crippen LogP contribution in [0.15, 0.2) is 58.1 Å². The highest BCUT2D eigenvalue weighted by Crippen LogP contribution is 2.35. The molecular weight excluding hydrogens is 280 g/mol. The normalized spacial score (nSPS) is 15.6. The van der Waals surface area contributed by atoms with Crippen LogP contribution in [0.2, 0.25) is 0 Å². The molecule has 3 heterocycles. The van der Waals surface area contributed by atoms with E-state index in [2.05, 4.69) is 9.98 Å². The summed E-state index contributed by atoms with van der Waals surface area (Å²) < 4.78 is 0. The lowest BCUT2D eigenvalue weighted by molar-refractivity contribution is -0.0790. The van der Waals surface area contributed by atoms with Gasteiger partial charge in [0, 0.05) is 5.56 Å². The van der Waals surface area contributed by atoms with E-state index in [0.717, 1.165) is 16.9 Å². The number of fused-ring (bicyclic) bond motifs is 3. The van der Waals surface area contributed by atoms with Gasteiger partial charge < -0.3 is 9.88 Å². The maximum absolute atomic E-state index is 12.4. The number of aromatic nitrogens is 1. The zero-order valence-electron chi connectivity index (χ0n) is 12.0. The standard InChI is InChI=1S/C16H14N4O2/c1-22-19-9-12-8-17-14-7-13(11-5-3-2-4-6-11)16(21)18-15(14)20(12)10-19/h2-9H,10H2,1H3,(H,18,21). The van der Waals surface area contributed by atoms with Crippen LogP contribution >= 0.6 is 0 Å². The molecule has 0 unspecified atom stereocenters. The molecule has 0 saturated carbocycles. The van der Waals surface area contributed by atoms with E-state index >= 15 is 0 Å². The summed E-state index contributed by atoms with van der Waals surface area (Å²) in [5, 5.41) is 1.68. The third-order valence-corrected chi connectivity index (χ3v) is 3.79. The molecule has 6 nitrogen and oxygen atoms in total. The van der Waals surface area contributed by atoms with Gasteiger partial charge in [-0.3, -0.25) is 14.6 Å². The second-order valence-corrected chi connectivity index (χ2v) is 5.09. The molecule has 0 saturated heterocycles. The van der Waals surface area contributed by atoms with Crippen LogP contribution in [-0.4, -0.2) is 30.0 Å². The van der Waals surface area contributed by atoms with Gasteiger partial charge in [-0.25, -0.2) is 5.06 Å². The number of nitrogens with one attached hydrogen (secondary N) is 1. The molecule has 0 radical (unpaired) electrons. The minimum Gasteiger partial charge on any atom is -0.306 e. The largest absolute Gasteiger partial charge is 0.306 e. The lowest BCUT2D eigenvalue weighted by Crippen LogP contribution is -2.30. The van der Waals surface area contributed by atoms with Crippen molar-refractivity contribution in [3.8, 4) is 11.1 Å². The first-order valence-electron chi connectivity index (χ1n) is 6.93. The number of anilines is 1. The van der Waals surface area contributed by atoms with E-state index in [-0.39, 0.29) is 5.56 Å². The van der Waals surface area contributed by atoms with Crippen LogP contribution in [0.5, 0.6) is 0 Å².